The van der Waals surface area contributed by atoms with Crippen LogP contribution in [0.3, 0.4) is 0 Å². The van der Waals surface area contributed by atoms with E-state index < -0.39 is 40.9 Å². The van der Waals surface area contributed by atoms with Crippen molar-refractivity contribution in [3.63, 3.8) is 0 Å². The fourth-order valence-corrected chi connectivity index (χ4v) is 7.87. The highest BCUT2D eigenvalue weighted by Gasteiger charge is 2.48. The molecule has 1 aliphatic heterocycles. The molecule has 0 radical (unpaired) electrons. The zero-order valence-corrected chi connectivity index (χ0v) is 30.5. The minimum absolute atomic E-state index is 0.103. The van der Waals surface area contributed by atoms with Gasteiger partial charge in [0.15, 0.2) is 0 Å². The minimum Gasteiger partial charge on any atom is -0.358 e. The van der Waals surface area contributed by atoms with Crippen molar-refractivity contribution in [3.8, 4) is 0 Å². The van der Waals surface area contributed by atoms with E-state index in [0.29, 0.717) is 12.0 Å². The Morgan fingerprint density at radius 3 is 1.33 bits per heavy atom. The molecule has 7 heteroatoms. The molecule has 0 amide bonds. The minimum atomic E-state index is -1.06. The number of aryl methyl sites for hydroxylation is 1. The SMILES string of the molecule is Cc1cn([C@@H]2C[C@@H](OC(c3ccccc3)(c3ccccc3)c3ccccc3)[C@H](COC(c3ccccc3)(c3ccccc3)c3ccccc3)O2)c(=O)[nH]c1=O. The molecule has 2 heterocycles. The summed E-state index contributed by atoms with van der Waals surface area (Å²) >= 11 is 0. The van der Waals surface area contributed by atoms with Gasteiger partial charge in [0.1, 0.15) is 23.5 Å². The van der Waals surface area contributed by atoms with E-state index in [1.807, 2.05) is 109 Å². The topological polar surface area (TPSA) is 82.6 Å². The molecule has 0 bridgehead atoms. The summed E-state index contributed by atoms with van der Waals surface area (Å²) in [5.41, 5.74) is 3.05. The van der Waals surface area contributed by atoms with Crippen LogP contribution in [0.1, 0.15) is 51.6 Å². The molecule has 0 unspecified atom stereocenters. The van der Waals surface area contributed by atoms with Crippen molar-refractivity contribution in [2.75, 3.05) is 6.61 Å². The van der Waals surface area contributed by atoms with E-state index in [1.54, 1.807) is 13.1 Å². The van der Waals surface area contributed by atoms with Gasteiger partial charge in [-0.25, -0.2) is 4.79 Å². The Balaban J connectivity index is 1.28. The maximum atomic E-state index is 13.4. The van der Waals surface area contributed by atoms with Gasteiger partial charge in [-0.15, -0.1) is 0 Å². The molecule has 7 nitrogen and oxygen atoms in total. The van der Waals surface area contributed by atoms with Crippen molar-refractivity contribution >= 4 is 0 Å². The van der Waals surface area contributed by atoms with E-state index in [0.717, 1.165) is 33.4 Å². The molecule has 274 valence electrons. The largest absolute Gasteiger partial charge is 0.358 e. The van der Waals surface area contributed by atoms with Crippen LogP contribution >= 0.6 is 0 Å². The van der Waals surface area contributed by atoms with E-state index in [-0.39, 0.29) is 6.61 Å². The van der Waals surface area contributed by atoms with Crippen molar-refractivity contribution < 1.29 is 14.2 Å². The van der Waals surface area contributed by atoms with Crippen molar-refractivity contribution in [1.82, 2.24) is 9.55 Å². The number of H-pyrrole nitrogens is 1. The van der Waals surface area contributed by atoms with E-state index in [9.17, 15) is 9.59 Å². The van der Waals surface area contributed by atoms with Crippen LogP contribution in [0.4, 0.5) is 0 Å². The molecule has 1 aromatic heterocycles. The third kappa shape index (κ3) is 6.90. The Labute approximate surface area is 320 Å². The van der Waals surface area contributed by atoms with Crippen molar-refractivity contribution in [3.05, 3.63) is 248 Å². The van der Waals surface area contributed by atoms with Gasteiger partial charge in [-0.2, -0.15) is 0 Å². The molecule has 7 aromatic rings. The molecule has 1 aliphatic rings. The summed E-state index contributed by atoms with van der Waals surface area (Å²) in [5, 5.41) is 0. The first-order chi connectivity index (χ1) is 27.0. The lowest BCUT2D eigenvalue weighted by Crippen LogP contribution is -2.43. The number of ether oxygens (including phenoxy) is 3. The maximum absolute atomic E-state index is 13.4. The third-order valence-electron chi connectivity index (χ3n) is 10.5. The highest BCUT2D eigenvalue weighted by molar-refractivity contribution is 5.49. The summed E-state index contributed by atoms with van der Waals surface area (Å²) in [7, 11) is 0. The normalized spacial score (nSPS) is 17.2. The molecular weight excluding hydrogens is 685 g/mol. The van der Waals surface area contributed by atoms with Gasteiger partial charge >= 0.3 is 5.69 Å². The van der Waals surface area contributed by atoms with Crippen LogP contribution in [0.2, 0.25) is 0 Å². The second kappa shape index (κ2) is 15.7. The molecule has 0 aliphatic carbocycles. The lowest BCUT2D eigenvalue weighted by Gasteiger charge is -2.40. The van der Waals surface area contributed by atoms with Crippen LogP contribution in [0.15, 0.2) is 198 Å². The molecule has 1 fully saturated rings. The second-order valence-corrected chi connectivity index (χ2v) is 13.9. The lowest BCUT2D eigenvalue weighted by molar-refractivity contribution is -0.126. The van der Waals surface area contributed by atoms with Gasteiger partial charge in [0, 0.05) is 18.2 Å². The van der Waals surface area contributed by atoms with Gasteiger partial charge in [-0.3, -0.25) is 14.3 Å². The van der Waals surface area contributed by atoms with Crippen LogP contribution in [-0.2, 0) is 25.4 Å². The van der Waals surface area contributed by atoms with Gasteiger partial charge in [-0.1, -0.05) is 182 Å². The average molecular weight is 727 g/mol. The molecular formula is C48H42N2O5. The molecule has 8 rings (SSSR count). The maximum Gasteiger partial charge on any atom is 0.330 e. The highest BCUT2D eigenvalue weighted by atomic mass is 16.6. The van der Waals surface area contributed by atoms with Crippen LogP contribution in [0, 0.1) is 6.92 Å². The van der Waals surface area contributed by atoms with E-state index in [1.165, 1.54) is 4.57 Å². The zero-order valence-electron chi connectivity index (χ0n) is 30.5. The number of aromatic nitrogens is 2. The summed E-state index contributed by atoms with van der Waals surface area (Å²) in [4.78, 5) is 28.3. The standard InChI is InChI=1S/C48H42N2O5/c1-35-33-50(46(52)49-45(35)51)44-32-42(55-48(39-26-14-5-15-27-39,40-28-16-6-17-29-40)41-30-18-7-19-31-41)43(54-44)34-53-47(36-20-8-2-9-21-36,37-22-10-3-11-23-37)38-24-12-4-13-25-38/h2-31,33,42-44H,32,34H2,1H3,(H,49,51,52)/t42-,43+,44+/m1/s1. The number of aromatic amines is 1. The quantitative estimate of drug-likeness (QED) is 0.128. The smallest absolute Gasteiger partial charge is 0.330 e. The van der Waals surface area contributed by atoms with Gasteiger partial charge < -0.3 is 14.2 Å². The molecule has 6 aromatic carbocycles. The Hall–Kier alpha value is -6.12. The van der Waals surface area contributed by atoms with Gasteiger partial charge in [-0.05, 0) is 40.3 Å². The number of benzene rings is 6. The molecule has 1 saturated heterocycles. The van der Waals surface area contributed by atoms with Gasteiger partial charge in [0.05, 0.1) is 12.7 Å². The first-order valence-corrected chi connectivity index (χ1v) is 18.6. The van der Waals surface area contributed by atoms with Crippen LogP contribution in [0.5, 0.6) is 0 Å². The van der Waals surface area contributed by atoms with Gasteiger partial charge in [0.25, 0.3) is 5.56 Å². The molecule has 0 spiro atoms. The number of nitrogens with one attached hydrogen (secondary N) is 1. The Morgan fingerprint density at radius 2 is 0.945 bits per heavy atom. The molecule has 3 atom stereocenters. The van der Waals surface area contributed by atoms with Crippen molar-refractivity contribution in [2.45, 2.75) is 43.0 Å². The summed E-state index contributed by atoms with van der Waals surface area (Å²) in [6, 6.07) is 61.2. The molecule has 0 saturated carbocycles. The first-order valence-electron chi connectivity index (χ1n) is 18.6. The van der Waals surface area contributed by atoms with Gasteiger partial charge in [0.2, 0.25) is 0 Å². The average Bonchev–Trinajstić information content (AvgIpc) is 3.65. The van der Waals surface area contributed by atoms with Crippen LogP contribution in [0.25, 0.3) is 0 Å². The third-order valence-corrected chi connectivity index (χ3v) is 10.5. The van der Waals surface area contributed by atoms with Crippen LogP contribution < -0.4 is 11.2 Å². The summed E-state index contributed by atoms with van der Waals surface area (Å²) in [5.74, 6) is 0. The van der Waals surface area contributed by atoms with Crippen molar-refractivity contribution in [2.24, 2.45) is 0 Å². The second-order valence-electron chi connectivity index (χ2n) is 13.9. The predicted octanol–water partition coefficient (Wildman–Crippen LogP) is 8.52. The highest BCUT2D eigenvalue weighted by Crippen LogP contribution is 2.46. The van der Waals surface area contributed by atoms with E-state index in [4.69, 9.17) is 14.2 Å². The first kappa shape index (κ1) is 35.9. The van der Waals surface area contributed by atoms with E-state index >= 15 is 0 Å². The number of rotatable bonds is 12. The predicted molar refractivity (Wildman–Crippen MR) is 214 cm³/mol. The zero-order chi connectivity index (χ0) is 37.7. The summed E-state index contributed by atoms with van der Waals surface area (Å²) in [6.45, 7) is 1.78. The fourth-order valence-electron chi connectivity index (χ4n) is 7.87. The number of hydrogen-bond donors (Lipinski definition) is 1. The summed E-state index contributed by atoms with van der Waals surface area (Å²) < 4.78 is 23.3. The monoisotopic (exact) mass is 726 g/mol. The number of hydrogen-bond acceptors (Lipinski definition) is 5. The number of nitrogens with zero attached hydrogens (tertiary/aromatic N) is 1. The van der Waals surface area contributed by atoms with Crippen molar-refractivity contribution in [1.29, 1.82) is 0 Å². The molecule has 55 heavy (non-hydrogen) atoms. The summed E-state index contributed by atoms with van der Waals surface area (Å²) in [6.07, 6.45) is -0.128. The Morgan fingerprint density at radius 1 is 0.582 bits per heavy atom. The molecule has 1 N–H and O–H groups in total. The van der Waals surface area contributed by atoms with Crippen LogP contribution in [-0.4, -0.2) is 28.4 Å². The van der Waals surface area contributed by atoms with E-state index in [2.05, 4.69) is 77.8 Å². The fraction of sp³-hybridized carbons (Fsp3) is 0.167. The lowest BCUT2D eigenvalue weighted by atomic mass is 9.79. The Kier molecular flexibility index (Phi) is 10.2. The Bertz CT molecular complexity index is 2230.